The number of hydrogen-bond donors (Lipinski definition) is 2. The van der Waals surface area contributed by atoms with E-state index >= 15 is 0 Å². The molecule has 40 heavy (non-hydrogen) atoms. The van der Waals surface area contributed by atoms with Crippen molar-refractivity contribution in [2.45, 2.75) is 53.5 Å². The Hall–Kier alpha value is -4.52. The van der Waals surface area contributed by atoms with E-state index in [1.54, 1.807) is 25.2 Å². The van der Waals surface area contributed by atoms with Crippen LogP contribution >= 0.6 is 0 Å². The second-order valence-corrected chi connectivity index (χ2v) is 10.9. The molecule has 0 aliphatic carbocycles. The topological polar surface area (TPSA) is 90.9 Å². The van der Waals surface area contributed by atoms with Crippen LogP contribution in [-0.2, 0) is 16.8 Å². The maximum atomic E-state index is 13.1. The molecule has 0 aliphatic rings. The van der Waals surface area contributed by atoms with Gasteiger partial charge in [-0.2, -0.15) is 0 Å². The van der Waals surface area contributed by atoms with Gasteiger partial charge in [0.1, 0.15) is 6.29 Å². The molecule has 3 aromatic carbocycles. The highest BCUT2D eigenvalue weighted by Crippen LogP contribution is 2.26. The number of nitrogens with zero attached hydrogens (tertiary/aromatic N) is 2. The largest absolute Gasteiger partial charge is 0.336 e. The molecule has 0 heterocycles. The molecule has 0 bridgehead atoms. The first kappa shape index (κ1) is 30.0. The predicted octanol–water partition coefficient (Wildman–Crippen LogP) is 6.59. The van der Waals surface area contributed by atoms with E-state index in [0.717, 1.165) is 34.1 Å². The van der Waals surface area contributed by atoms with E-state index in [9.17, 15) is 14.4 Å². The van der Waals surface area contributed by atoms with Crippen molar-refractivity contribution in [2.24, 2.45) is 4.99 Å². The lowest BCUT2D eigenvalue weighted by Crippen LogP contribution is -2.34. The van der Waals surface area contributed by atoms with Gasteiger partial charge in [-0.15, -0.1) is 0 Å². The maximum absolute atomic E-state index is 13.1. The number of likely N-dealkylation sites (N-methyl/N-ethyl adjacent to an activating group) is 1. The molecule has 0 aromatic heterocycles. The van der Waals surface area contributed by atoms with Gasteiger partial charge in [0.2, 0.25) is 0 Å². The number of hydrogen-bond acceptors (Lipinski definition) is 4. The maximum Gasteiger partial charge on any atom is 0.292 e. The fraction of sp³-hybridized carbons (Fsp3) is 0.273. The van der Waals surface area contributed by atoms with E-state index < -0.39 is 0 Å². The normalized spacial score (nSPS) is 11.5. The minimum atomic E-state index is -0.356. The molecule has 3 aromatic rings. The molecule has 7 nitrogen and oxygen atoms in total. The molecule has 0 saturated heterocycles. The van der Waals surface area contributed by atoms with E-state index in [0.29, 0.717) is 22.5 Å². The molecule has 2 N–H and O–H groups in total. The number of nitrogens with one attached hydrogen (secondary N) is 2. The van der Waals surface area contributed by atoms with Crippen LogP contribution in [0.4, 0.5) is 11.4 Å². The molecule has 0 atom stereocenters. The van der Waals surface area contributed by atoms with Crippen molar-refractivity contribution in [2.75, 3.05) is 17.7 Å². The van der Waals surface area contributed by atoms with E-state index in [1.165, 1.54) is 11.1 Å². The number of benzene rings is 3. The first-order valence-electron chi connectivity index (χ1n) is 13.1. The van der Waals surface area contributed by atoms with Crippen LogP contribution in [0, 0.1) is 20.8 Å². The second-order valence-electron chi connectivity index (χ2n) is 10.9. The lowest BCUT2D eigenvalue weighted by Gasteiger charge is -2.19. The summed E-state index contributed by atoms with van der Waals surface area (Å²) in [6, 6.07) is 16.7. The number of carbonyl (C=O) groups excluding carboxylic acids is 3. The molecule has 7 heteroatoms. The van der Waals surface area contributed by atoms with Gasteiger partial charge in [-0.05, 0) is 96.6 Å². The Kier molecular flexibility index (Phi) is 9.43. The molecule has 3 rings (SSSR count). The quantitative estimate of drug-likeness (QED) is 0.202. The summed E-state index contributed by atoms with van der Waals surface area (Å²) in [5, 5.41) is 6.13. The zero-order valence-corrected chi connectivity index (χ0v) is 24.4. The zero-order chi connectivity index (χ0) is 29.6. The van der Waals surface area contributed by atoms with Crippen molar-refractivity contribution < 1.29 is 14.4 Å². The summed E-state index contributed by atoms with van der Waals surface area (Å²) in [7, 11) is 1.61. The van der Waals surface area contributed by atoms with Gasteiger partial charge in [0.15, 0.2) is 5.84 Å². The Morgan fingerprint density at radius 2 is 1.62 bits per heavy atom. The number of aryl methyl sites for hydroxylation is 2. The minimum absolute atomic E-state index is 0.00529. The number of rotatable bonds is 7. The number of amides is 2. The fourth-order valence-corrected chi connectivity index (χ4v) is 4.18. The number of anilines is 2. The van der Waals surface area contributed by atoms with Gasteiger partial charge in [0, 0.05) is 29.5 Å². The Morgan fingerprint density at radius 3 is 2.20 bits per heavy atom. The number of aldehydes is 1. The molecule has 0 fully saturated rings. The summed E-state index contributed by atoms with van der Waals surface area (Å²) in [6.45, 7) is 16.0. The standard InChI is InChI=1S/C33H38N4O3/c1-9-37(8)32(40)30(35-27-16-13-25(20-38)22(3)18-27)34-19-28-21(2)10-17-29(23(28)4)36-31(39)24-11-14-26(15-12-24)33(5,6)7/h9-18,20H,1,19H2,2-8H3,(H,34,35)(H,36,39). The molecule has 0 aliphatic heterocycles. The van der Waals surface area contributed by atoms with Crippen molar-refractivity contribution in [3.8, 4) is 0 Å². The van der Waals surface area contributed by atoms with Gasteiger partial charge >= 0.3 is 0 Å². The molecule has 0 unspecified atom stereocenters. The Labute approximate surface area is 237 Å². The third-order valence-corrected chi connectivity index (χ3v) is 6.95. The van der Waals surface area contributed by atoms with Crippen molar-refractivity contribution in [1.29, 1.82) is 0 Å². The minimum Gasteiger partial charge on any atom is -0.336 e. The van der Waals surface area contributed by atoms with E-state index in [4.69, 9.17) is 0 Å². The molecule has 208 valence electrons. The highest BCUT2D eigenvalue weighted by molar-refractivity contribution is 6.42. The summed E-state index contributed by atoms with van der Waals surface area (Å²) in [6.07, 6.45) is 2.21. The van der Waals surface area contributed by atoms with Crippen LogP contribution in [0.1, 0.15) is 69.3 Å². The SMILES string of the molecule is C=CN(C)C(=O)C(=NCc1c(C)ccc(NC(=O)c2ccc(C(C)(C)C)cc2)c1C)Nc1ccc(C=O)c(C)c1. The van der Waals surface area contributed by atoms with Crippen LogP contribution in [0.3, 0.4) is 0 Å². The van der Waals surface area contributed by atoms with Crippen LogP contribution in [0.5, 0.6) is 0 Å². The lowest BCUT2D eigenvalue weighted by molar-refractivity contribution is -0.120. The fourth-order valence-electron chi connectivity index (χ4n) is 4.18. The third-order valence-electron chi connectivity index (χ3n) is 6.95. The molecular weight excluding hydrogens is 500 g/mol. The molecular formula is C33H38N4O3. The van der Waals surface area contributed by atoms with E-state index in [-0.39, 0.29) is 29.6 Å². The van der Waals surface area contributed by atoms with Crippen LogP contribution in [0.2, 0.25) is 0 Å². The average molecular weight is 539 g/mol. The monoisotopic (exact) mass is 538 g/mol. The smallest absolute Gasteiger partial charge is 0.292 e. The molecule has 0 saturated carbocycles. The van der Waals surface area contributed by atoms with Gasteiger partial charge in [-0.25, -0.2) is 0 Å². The first-order chi connectivity index (χ1) is 18.8. The van der Waals surface area contributed by atoms with Gasteiger partial charge < -0.3 is 15.5 Å². The van der Waals surface area contributed by atoms with Crippen molar-refractivity contribution in [3.63, 3.8) is 0 Å². The number of carbonyl (C=O) groups is 3. The van der Waals surface area contributed by atoms with Gasteiger partial charge in [0.05, 0.1) is 6.54 Å². The first-order valence-corrected chi connectivity index (χ1v) is 13.1. The second kappa shape index (κ2) is 12.6. The third kappa shape index (κ3) is 7.11. The number of amidine groups is 1. The lowest BCUT2D eigenvalue weighted by atomic mass is 9.86. The van der Waals surface area contributed by atoms with Crippen LogP contribution in [0.25, 0.3) is 0 Å². The Balaban J connectivity index is 1.89. The van der Waals surface area contributed by atoms with Gasteiger partial charge in [-0.3, -0.25) is 19.4 Å². The van der Waals surface area contributed by atoms with Crippen molar-refractivity contribution >= 4 is 35.3 Å². The molecule has 2 amide bonds. The van der Waals surface area contributed by atoms with Crippen LogP contribution in [0.15, 0.2) is 72.4 Å². The molecule has 0 radical (unpaired) electrons. The van der Waals surface area contributed by atoms with Crippen molar-refractivity contribution in [3.05, 3.63) is 106 Å². The Bertz CT molecular complexity index is 1460. The summed E-state index contributed by atoms with van der Waals surface area (Å²) in [5.41, 5.74) is 7.19. The van der Waals surface area contributed by atoms with Gasteiger partial charge in [0.25, 0.3) is 11.8 Å². The highest BCUT2D eigenvalue weighted by atomic mass is 16.2. The highest BCUT2D eigenvalue weighted by Gasteiger charge is 2.18. The molecule has 0 spiro atoms. The summed E-state index contributed by atoms with van der Waals surface area (Å²) < 4.78 is 0. The summed E-state index contributed by atoms with van der Waals surface area (Å²) in [5.74, 6) is -0.417. The van der Waals surface area contributed by atoms with Gasteiger partial charge in [-0.1, -0.05) is 45.5 Å². The Morgan fingerprint density at radius 1 is 0.950 bits per heavy atom. The van der Waals surface area contributed by atoms with E-state index in [1.807, 2.05) is 57.2 Å². The van der Waals surface area contributed by atoms with Crippen molar-refractivity contribution in [1.82, 2.24) is 4.90 Å². The summed E-state index contributed by atoms with van der Waals surface area (Å²) in [4.78, 5) is 43.3. The zero-order valence-electron chi connectivity index (χ0n) is 24.4. The van der Waals surface area contributed by atoms with E-state index in [2.05, 4.69) is 43.0 Å². The summed E-state index contributed by atoms with van der Waals surface area (Å²) >= 11 is 0. The predicted molar refractivity (Wildman–Crippen MR) is 163 cm³/mol. The van der Waals surface area contributed by atoms with Crippen LogP contribution < -0.4 is 10.6 Å². The average Bonchev–Trinajstić information content (AvgIpc) is 2.92. The number of aliphatic imine (C=N–C) groups is 1. The van der Waals surface area contributed by atoms with Crippen LogP contribution in [-0.4, -0.2) is 35.9 Å².